The van der Waals surface area contributed by atoms with Gasteiger partial charge in [-0.3, -0.25) is 9.78 Å². The Hall–Kier alpha value is -2.42. The van der Waals surface area contributed by atoms with Gasteiger partial charge in [-0.2, -0.15) is 0 Å². The Balaban J connectivity index is 1.93. The fourth-order valence-corrected chi connectivity index (χ4v) is 2.40. The Morgan fingerprint density at radius 2 is 2.05 bits per heavy atom. The normalized spacial score (nSPS) is 10.8. The molecular weight excluding hydrogens is 248 g/mol. The van der Waals surface area contributed by atoms with Gasteiger partial charge in [0.15, 0.2) is 5.78 Å². The minimum atomic E-state index is 0.180. The number of aromatic nitrogens is 2. The number of ketones is 1. The SMILES string of the molecule is CCC(=O)c1ccn(Cc2cccc3cccnc23)c1. The van der Waals surface area contributed by atoms with Gasteiger partial charge < -0.3 is 4.57 Å². The van der Waals surface area contributed by atoms with E-state index in [4.69, 9.17) is 0 Å². The average Bonchev–Trinajstić information content (AvgIpc) is 2.95. The van der Waals surface area contributed by atoms with Gasteiger partial charge in [-0.05, 0) is 17.7 Å². The van der Waals surface area contributed by atoms with E-state index < -0.39 is 0 Å². The van der Waals surface area contributed by atoms with Crippen LogP contribution in [0.2, 0.25) is 0 Å². The first-order valence-corrected chi connectivity index (χ1v) is 6.79. The van der Waals surface area contributed by atoms with E-state index in [1.54, 1.807) is 0 Å². The summed E-state index contributed by atoms with van der Waals surface area (Å²) in [6.45, 7) is 2.61. The molecule has 0 bridgehead atoms. The fourth-order valence-electron chi connectivity index (χ4n) is 2.40. The van der Waals surface area contributed by atoms with Gasteiger partial charge >= 0.3 is 0 Å². The molecule has 100 valence electrons. The summed E-state index contributed by atoms with van der Waals surface area (Å²) in [6.07, 6.45) is 6.21. The number of benzene rings is 1. The standard InChI is InChI=1S/C17H16N2O/c1-2-16(20)14-8-10-19(11-14)12-15-6-3-5-13-7-4-9-18-17(13)15/h3-11H,2,12H2,1H3. The van der Waals surface area contributed by atoms with Gasteiger partial charge in [0.1, 0.15) is 0 Å². The molecule has 0 radical (unpaired) electrons. The minimum absolute atomic E-state index is 0.180. The van der Waals surface area contributed by atoms with Crippen LogP contribution >= 0.6 is 0 Å². The number of Topliss-reactive ketones (excluding diaryl/α,β-unsaturated/α-hetero) is 1. The van der Waals surface area contributed by atoms with Gasteiger partial charge in [0.25, 0.3) is 0 Å². The summed E-state index contributed by atoms with van der Waals surface area (Å²) in [5.41, 5.74) is 2.96. The summed E-state index contributed by atoms with van der Waals surface area (Å²) in [5.74, 6) is 0.180. The molecule has 0 spiro atoms. The summed E-state index contributed by atoms with van der Waals surface area (Å²) in [4.78, 5) is 16.1. The van der Waals surface area contributed by atoms with E-state index in [1.807, 2.05) is 48.3 Å². The average molecular weight is 264 g/mol. The Morgan fingerprint density at radius 3 is 2.90 bits per heavy atom. The third kappa shape index (κ3) is 2.35. The fraction of sp³-hybridized carbons (Fsp3) is 0.176. The smallest absolute Gasteiger partial charge is 0.164 e. The van der Waals surface area contributed by atoms with E-state index in [2.05, 4.69) is 23.2 Å². The number of pyridine rings is 1. The molecule has 0 aliphatic heterocycles. The summed E-state index contributed by atoms with van der Waals surface area (Å²) in [5, 5.41) is 1.14. The Bertz CT molecular complexity index is 753. The third-order valence-corrected chi connectivity index (χ3v) is 3.46. The number of carbonyl (C=O) groups is 1. The number of carbonyl (C=O) groups excluding carboxylic acids is 1. The highest BCUT2D eigenvalue weighted by atomic mass is 16.1. The summed E-state index contributed by atoms with van der Waals surface area (Å²) in [7, 11) is 0. The lowest BCUT2D eigenvalue weighted by atomic mass is 10.1. The second-order valence-electron chi connectivity index (χ2n) is 4.84. The quantitative estimate of drug-likeness (QED) is 0.674. The zero-order valence-corrected chi connectivity index (χ0v) is 11.4. The first-order chi connectivity index (χ1) is 9.78. The number of fused-ring (bicyclic) bond motifs is 1. The molecule has 3 heteroatoms. The predicted octanol–water partition coefficient (Wildman–Crippen LogP) is 3.68. The highest BCUT2D eigenvalue weighted by molar-refractivity contribution is 5.95. The van der Waals surface area contributed by atoms with Crippen LogP contribution in [0.1, 0.15) is 29.3 Å². The molecule has 3 nitrogen and oxygen atoms in total. The van der Waals surface area contributed by atoms with E-state index in [0.29, 0.717) is 6.42 Å². The van der Waals surface area contributed by atoms with Crippen molar-refractivity contribution in [2.45, 2.75) is 19.9 Å². The van der Waals surface area contributed by atoms with Crippen molar-refractivity contribution in [3.63, 3.8) is 0 Å². The Kier molecular flexibility index (Phi) is 3.33. The molecule has 3 aromatic rings. The van der Waals surface area contributed by atoms with Gasteiger partial charge in [0.05, 0.1) is 5.52 Å². The van der Waals surface area contributed by atoms with Gasteiger partial charge in [0.2, 0.25) is 0 Å². The lowest BCUT2D eigenvalue weighted by Crippen LogP contribution is -1.99. The molecule has 0 aliphatic carbocycles. The first-order valence-electron chi connectivity index (χ1n) is 6.79. The van der Waals surface area contributed by atoms with Crippen LogP contribution < -0.4 is 0 Å². The largest absolute Gasteiger partial charge is 0.349 e. The topological polar surface area (TPSA) is 34.9 Å². The van der Waals surface area contributed by atoms with Crippen molar-refractivity contribution in [2.24, 2.45) is 0 Å². The maximum Gasteiger partial charge on any atom is 0.164 e. The number of hydrogen-bond acceptors (Lipinski definition) is 2. The number of hydrogen-bond donors (Lipinski definition) is 0. The van der Waals surface area contributed by atoms with Crippen molar-refractivity contribution in [1.82, 2.24) is 9.55 Å². The molecular formula is C17H16N2O. The van der Waals surface area contributed by atoms with Gasteiger partial charge in [-0.1, -0.05) is 31.2 Å². The number of rotatable bonds is 4. The molecule has 20 heavy (non-hydrogen) atoms. The van der Waals surface area contributed by atoms with Crippen molar-refractivity contribution < 1.29 is 4.79 Å². The molecule has 1 aromatic carbocycles. The van der Waals surface area contributed by atoms with E-state index >= 15 is 0 Å². The molecule has 2 heterocycles. The van der Waals surface area contributed by atoms with E-state index in [0.717, 1.165) is 28.6 Å². The van der Waals surface area contributed by atoms with Crippen LogP contribution in [0.15, 0.2) is 55.0 Å². The second-order valence-corrected chi connectivity index (χ2v) is 4.84. The van der Waals surface area contributed by atoms with Crippen LogP contribution in [0.4, 0.5) is 0 Å². The van der Waals surface area contributed by atoms with Crippen LogP contribution in [-0.4, -0.2) is 15.3 Å². The molecule has 0 aliphatic rings. The lowest BCUT2D eigenvalue weighted by Gasteiger charge is -2.06. The second kappa shape index (κ2) is 5.29. The maximum atomic E-state index is 11.7. The van der Waals surface area contributed by atoms with Gasteiger partial charge in [-0.25, -0.2) is 0 Å². The zero-order chi connectivity index (χ0) is 13.9. The molecule has 0 fully saturated rings. The van der Waals surface area contributed by atoms with Crippen LogP contribution in [0, 0.1) is 0 Å². The molecule has 0 N–H and O–H groups in total. The summed E-state index contributed by atoms with van der Waals surface area (Å²) >= 11 is 0. The highest BCUT2D eigenvalue weighted by Gasteiger charge is 2.06. The van der Waals surface area contributed by atoms with Crippen molar-refractivity contribution in [1.29, 1.82) is 0 Å². The van der Waals surface area contributed by atoms with E-state index in [9.17, 15) is 4.79 Å². The van der Waals surface area contributed by atoms with Crippen molar-refractivity contribution >= 4 is 16.7 Å². The van der Waals surface area contributed by atoms with Gasteiger partial charge in [0, 0.05) is 42.5 Å². The van der Waals surface area contributed by atoms with E-state index in [-0.39, 0.29) is 5.78 Å². The van der Waals surface area contributed by atoms with Crippen LogP contribution in [0.25, 0.3) is 10.9 Å². The molecule has 0 atom stereocenters. The van der Waals surface area contributed by atoms with E-state index in [1.165, 1.54) is 0 Å². The Morgan fingerprint density at radius 1 is 1.20 bits per heavy atom. The van der Waals surface area contributed by atoms with Crippen LogP contribution in [0.3, 0.4) is 0 Å². The third-order valence-electron chi connectivity index (χ3n) is 3.46. The zero-order valence-electron chi connectivity index (χ0n) is 11.4. The van der Waals surface area contributed by atoms with Crippen LogP contribution in [-0.2, 0) is 6.54 Å². The summed E-state index contributed by atoms with van der Waals surface area (Å²) < 4.78 is 2.03. The number of nitrogens with zero attached hydrogens (tertiary/aromatic N) is 2. The molecule has 2 aromatic heterocycles. The number of para-hydroxylation sites is 1. The predicted molar refractivity (Wildman–Crippen MR) is 79.9 cm³/mol. The Labute approximate surface area is 117 Å². The minimum Gasteiger partial charge on any atom is -0.349 e. The molecule has 0 saturated heterocycles. The summed E-state index contributed by atoms with van der Waals surface area (Å²) in [6, 6.07) is 12.1. The van der Waals surface area contributed by atoms with Gasteiger partial charge in [-0.15, -0.1) is 0 Å². The van der Waals surface area contributed by atoms with Crippen molar-refractivity contribution in [3.05, 3.63) is 66.1 Å². The molecule has 0 amide bonds. The lowest BCUT2D eigenvalue weighted by molar-refractivity contribution is 0.0988. The first kappa shape index (κ1) is 12.6. The van der Waals surface area contributed by atoms with Crippen LogP contribution in [0.5, 0.6) is 0 Å². The molecule has 0 saturated carbocycles. The molecule has 3 rings (SSSR count). The monoisotopic (exact) mass is 264 g/mol. The molecule has 0 unspecified atom stereocenters. The highest BCUT2D eigenvalue weighted by Crippen LogP contribution is 2.17. The maximum absolute atomic E-state index is 11.7. The van der Waals surface area contributed by atoms with Crippen molar-refractivity contribution in [3.8, 4) is 0 Å². The van der Waals surface area contributed by atoms with Crippen molar-refractivity contribution in [2.75, 3.05) is 0 Å².